The number of aliphatic carboxylic acids is 1. The number of carboxylic acids is 1. The van der Waals surface area contributed by atoms with Gasteiger partial charge < -0.3 is 85.3 Å². The van der Waals surface area contributed by atoms with Crippen LogP contribution in [0.1, 0.15) is 103 Å². The lowest BCUT2D eigenvalue weighted by molar-refractivity contribution is -0.145. The minimum Gasteiger partial charge on any atom is -0.508 e. The molecule has 2 fully saturated rings. The molecule has 2 aromatic carbocycles. The molecule has 85 heavy (non-hydrogen) atoms. The number of carbonyl (C=O) groups is 10. The maximum Gasteiger partial charge on any atom is 0.326 e. The molecule has 2 aliphatic rings. The standard InChI is InChI=1S/C57H88N14O13S/c1-33(2)29-42(49(76)63-34(3)47(74)66-41(56(83)84)16-10-25-62-57(60)61)68-53(80)46-18-12-27-71(46)55(82)40(23-28-85-4)65-52(79)45-17-11-26-70(45)54(81)39(15-8-9-24-58)64-50(77)43(31-35-13-6-5-7-14-35)67-51(78)44(32-72)69-48(75)38(59)30-36-19-21-37(73)22-20-36/h5-7,13-14,19-22,33-34,38-46,72-73H,8-12,15-18,23-32,58-59H2,1-4H3,(H,63,76)(H,64,77)(H,65,79)(H,66,74)(H,67,78)(H,68,80)(H,69,75)(H,83,84)(H4,60,61,62)/t34-,38-,39-,40-,41+,42+,43-,44-,45+,46-/m0/s1. The lowest BCUT2D eigenvalue weighted by atomic mass is 10.0. The molecule has 0 unspecified atom stereocenters. The zero-order valence-corrected chi connectivity index (χ0v) is 49.8. The minimum atomic E-state index is -1.53. The van der Waals surface area contributed by atoms with Crippen molar-refractivity contribution in [1.82, 2.24) is 47.0 Å². The predicted octanol–water partition coefficient (Wildman–Crippen LogP) is -2.04. The number of carboxylic acid groups (broad SMARTS) is 1. The highest BCUT2D eigenvalue weighted by Crippen LogP contribution is 2.24. The number of nitrogens with one attached hydrogen (secondary N) is 7. The Kier molecular flexibility index (Phi) is 29.3. The van der Waals surface area contributed by atoms with E-state index in [9.17, 15) is 63.3 Å². The van der Waals surface area contributed by atoms with Gasteiger partial charge in [0.2, 0.25) is 53.2 Å². The molecule has 4 rings (SSSR count). The van der Waals surface area contributed by atoms with Gasteiger partial charge in [0.15, 0.2) is 5.96 Å². The average molecular weight is 1210 g/mol. The smallest absolute Gasteiger partial charge is 0.326 e. The van der Waals surface area contributed by atoms with Crippen LogP contribution in [0.25, 0.3) is 0 Å². The molecule has 10 atom stereocenters. The van der Waals surface area contributed by atoms with E-state index in [2.05, 4.69) is 42.2 Å². The van der Waals surface area contributed by atoms with Gasteiger partial charge in [-0.1, -0.05) is 56.3 Å². The van der Waals surface area contributed by atoms with E-state index < -0.39 is 126 Å². The lowest BCUT2D eigenvalue weighted by Crippen LogP contribution is -2.60. The van der Waals surface area contributed by atoms with Gasteiger partial charge in [0, 0.05) is 26.1 Å². The summed E-state index contributed by atoms with van der Waals surface area (Å²) in [5, 5.41) is 48.1. The summed E-state index contributed by atoms with van der Waals surface area (Å²) >= 11 is 1.43. The molecule has 0 aliphatic carbocycles. The Morgan fingerprint density at radius 1 is 0.624 bits per heavy atom. The number of guanidine groups is 1. The normalized spacial score (nSPS) is 17.6. The van der Waals surface area contributed by atoms with Crippen molar-refractivity contribution >= 4 is 76.9 Å². The van der Waals surface area contributed by atoms with Gasteiger partial charge in [0.1, 0.15) is 60.1 Å². The highest BCUT2D eigenvalue weighted by molar-refractivity contribution is 7.98. The topological polar surface area (TPSA) is 439 Å². The molecule has 2 heterocycles. The first-order valence-electron chi connectivity index (χ1n) is 28.9. The third kappa shape index (κ3) is 22.8. The molecule has 27 nitrogen and oxygen atoms in total. The van der Waals surface area contributed by atoms with E-state index in [-0.39, 0.29) is 102 Å². The molecule has 0 aromatic heterocycles. The largest absolute Gasteiger partial charge is 0.508 e. The van der Waals surface area contributed by atoms with Crippen molar-refractivity contribution in [1.29, 1.82) is 0 Å². The maximum atomic E-state index is 14.7. The van der Waals surface area contributed by atoms with Crippen molar-refractivity contribution in [3.05, 3.63) is 65.7 Å². The number of aliphatic imine (C=N–C) groups is 1. The quantitative estimate of drug-likeness (QED) is 0.0201. The van der Waals surface area contributed by atoms with Gasteiger partial charge >= 0.3 is 5.97 Å². The van der Waals surface area contributed by atoms with Gasteiger partial charge in [0.25, 0.3) is 0 Å². The molecular formula is C57H88N14O13S. The summed E-state index contributed by atoms with van der Waals surface area (Å²) in [5.74, 6) is -7.45. The molecule has 0 radical (unpaired) electrons. The van der Waals surface area contributed by atoms with E-state index in [0.29, 0.717) is 42.6 Å². The summed E-state index contributed by atoms with van der Waals surface area (Å²) in [6.45, 7) is 4.90. The van der Waals surface area contributed by atoms with Crippen LogP contribution in [0.5, 0.6) is 5.75 Å². The number of benzene rings is 2. The van der Waals surface area contributed by atoms with Crippen molar-refractivity contribution in [2.24, 2.45) is 33.8 Å². The van der Waals surface area contributed by atoms with E-state index in [1.54, 1.807) is 42.5 Å². The second-order valence-corrected chi connectivity index (χ2v) is 22.8. The number of aliphatic hydroxyl groups is 1. The highest BCUT2D eigenvalue weighted by Gasteiger charge is 2.43. The van der Waals surface area contributed by atoms with Gasteiger partial charge in [0.05, 0.1) is 12.6 Å². The number of carbonyl (C=O) groups excluding carboxylic acids is 9. The number of rotatable bonds is 35. The molecule has 0 saturated carbocycles. The maximum absolute atomic E-state index is 14.7. The molecule has 0 bridgehead atoms. The first kappa shape index (κ1) is 69.9. The Morgan fingerprint density at radius 3 is 1.69 bits per heavy atom. The fraction of sp³-hybridized carbons (Fsp3) is 0.596. The summed E-state index contributed by atoms with van der Waals surface area (Å²) in [6.07, 6.45) is 4.65. The molecule has 18 N–H and O–H groups in total. The van der Waals surface area contributed by atoms with E-state index >= 15 is 0 Å². The number of unbranched alkanes of at least 4 members (excludes halogenated alkanes) is 1. The minimum absolute atomic E-state index is 0.00497. The predicted molar refractivity (Wildman–Crippen MR) is 319 cm³/mol. The molecule has 2 saturated heterocycles. The number of thioether (sulfide) groups is 1. The van der Waals surface area contributed by atoms with Gasteiger partial charge in [-0.05, 0) is 132 Å². The van der Waals surface area contributed by atoms with Crippen molar-refractivity contribution in [3.63, 3.8) is 0 Å². The number of nitrogens with zero attached hydrogens (tertiary/aromatic N) is 3. The zero-order chi connectivity index (χ0) is 62.8. The molecule has 0 spiro atoms. The van der Waals surface area contributed by atoms with Crippen LogP contribution in [0, 0.1) is 5.92 Å². The van der Waals surface area contributed by atoms with Crippen molar-refractivity contribution in [3.8, 4) is 5.75 Å². The number of phenolic OH excluding ortho intramolecular Hbond substituents is 1. The number of amides is 9. The first-order valence-corrected chi connectivity index (χ1v) is 30.3. The van der Waals surface area contributed by atoms with Crippen LogP contribution < -0.4 is 60.2 Å². The first-order chi connectivity index (χ1) is 40.5. The summed E-state index contributed by atoms with van der Waals surface area (Å²) in [6, 6.07) is 2.63. The van der Waals surface area contributed by atoms with Crippen LogP contribution in [0.4, 0.5) is 0 Å². The summed E-state index contributed by atoms with van der Waals surface area (Å²) in [5.41, 5.74) is 23.9. The average Bonchev–Trinajstić information content (AvgIpc) is 4.35. The number of aromatic hydroxyl groups is 1. The molecule has 9 amide bonds. The van der Waals surface area contributed by atoms with Gasteiger partial charge in [-0.3, -0.25) is 48.1 Å². The fourth-order valence-electron chi connectivity index (χ4n) is 9.98. The van der Waals surface area contributed by atoms with Gasteiger partial charge in [-0.2, -0.15) is 11.8 Å². The molecule has 470 valence electrons. The molecule has 28 heteroatoms. The Morgan fingerprint density at radius 2 is 1.14 bits per heavy atom. The molecule has 2 aliphatic heterocycles. The zero-order valence-electron chi connectivity index (χ0n) is 49.0. The second kappa shape index (κ2) is 35.7. The van der Waals surface area contributed by atoms with E-state index in [1.165, 1.54) is 40.6 Å². The van der Waals surface area contributed by atoms with Crippen LogP contribution in [0.15, 0.2) is 59.6 Å². The van der Waals surface area contributed by atoms with Crippen molar-refractivity contribution in [2.75, 3.05) is 44.8 Å². The van der Waals surface area contributed by atoms with Crippen molar-refractivity contribution < 1.29 is 63.3 Å². The molecular weight excluding hydrogens is 1120 g/mol. The summed E-state index contributed by atoms with van der Waals surface area (Å²) < 4.78 is 0. The highest BCUT2D eigenvalue weighted by atomic mass is 32.2. The van der Waals surface area contributed by atoms with Gasteiger partial charge in [-0.15, -0.1) is 0 Å². The number of likely N-dealkylation sites (tertiary alicyclic amines) is 2. The second-order valence-electron chi connectivity index (χ2n) is 21.8. The summed E-state index contributed by atoms with van der Waals surface area (Å²) in [7, 11) is 0. The van der Waals surface area contributed by atoms with Crippen LogP contribution >= 0.6 is 11.8 Å². The summed E-state index contributed by atoms with van der Waals surface area (Å²) in [4.78, 5) is 145. The Bertz CT molecular complexity index is 2600. The fourth-order valence-corrected chi connectivity index (χ4v) is 10.5. The third-order valence-electron chi connectivity index (χ3n) is 14.6. The number of hydrogen-bond donors (Lipinski definition) is 14. The van der Waals surface area contributed by atoms with Crippen LogP contribution in [0.3, 0.4) is 0 Å². The Hall–Kier alpha value is -7.56. The van der Waals surface area contributed by atoms with E-state index in [1.807, 2.05) is 20.1 Å². The van der Waals surface area contributed by atoms with E-state index in [0.717, 1.165) is 0 Å². The van der Waals surface area contributed by atoms with E-state index in [4.69, 9.17) is 22.9 Å². The Labute approximate surface area is 500 Å². The van der Waals surface area contributed by atoms with Crippen LogP contribution in [-0.2, 0) is 60.8 Å². The van der Waals surface area contributed by atoms with Crippen LogP contribution in [0.2, 0.25) is 0 Å². The number of nitrogens with two attached hydrogens (primary N) is 4. The van der Waals surface area contributed by atoms with Crippen molar-refractivity contribution in [2.45, 2.75) is 165 Å². The lowest BCUT2D eigenvalue weighted by Gasteiger charge is -2.32. The molecule has 2 aromatic rings. The number of hydrogen-bond acceptors (Lipinski definition) is 16. The monoisotopic (exact) mass is 1210 g/mol. The number of phenols is 1. The van der Waals surface area contributed by atoms with Crippen LogP contribution in [-0.4, -0.2) is 195 Å². The third-order valence-corrected chi connectivity index (χ3v) is 15.2. The Balaban J connectivity index is 1.48. The number of aliphatic hydroxyl groups excluding tert-OH is 1. The van der Waals surface area contributed by atoms with Gasteiger partial charge in [-0.25, -0.2) is 4.79 Å². The SMILES string of the molecule is CSCC[C@H](NC(=O)[C@H]1CCCN1C(=O)[C@H](CCCCN)NC(=O)[C@H](Cc1ccccc1)NC(=O)[C@H](CO)NC(=O)[C@@H](N)Cc1ccc(O)cc1)C(=O)N1CCC[C@H]1C(=O)N[C@H](CC(C)C)C(=O)N[C@@H](C)C(=O)N[C@H](CCCN=C(N)N)C(=O)O.